The average Bonchev–Trinajstić information content (AvgIpc) is 2.79. The first-order chi connectivity index (χ1) is 10.1. The summed E-state index contributed by atoms with van der Waals surface area (Å²) < 4.78 is 0. The third-order valence-electron chi connectivity index (χ3n) is 4.58. The van der Waals surface area contributed by atoms with Crippen LogP contribution in [0.4, 0.5) is 4.79 Å². The van der Waals surface area contributed by atoms with E-state index in [1.807, 2.05) is 11.8 Å². The molecular formula is C15H27N3O3. The highest BCUT2D eigenvalue weighted by molar-refractivity contribution is 5.76. The Balaban J connectivity index is 1.83. The molecule has 2 aliphatic heterocycles. The van der Waals surface area contributed by atoms with Crippen LogP contribution in [0.2, 0.25) is 0 Å². The maximum absolute atomic E-state index is 12.3. The van der Waals surface area contributed by atoms with Crippen LogP contribution in [0.15, 0.2) is 0 Å². The minimum atomic E-state index is -0.824. The Labute approximate surface area is 126 Å². The standard InChI is InChI=1S/C15H27N3O3/c1-2-5-12(14(19)20)10-16-15(21)18-9-4-8-17-7-3-6-13(17)11-18/h12-13H,2-11H2,1H3,(H,16,21)(H,19,20). The quantitative estimate of drug-likeness (QED) is 0.804. The number of hydrogen-bond acceptors (Lipinski definition) is 3. The molecule has 6 nitrogen and oxygen atoms in total. The van der Waals surface area contributed by atoms with Crippen molar-refractivity contribution in [1.82, 2.24) is 15.1 Å². The van der Waals surface area contributed by atoms with Gasteiger partial charge in [-0.15, -0.1) is 0 Å². The summed E-state index contributed by atoms with van der Waals surface area (Å²) in [5.74, 6) is -1.30. The van der Waals surface area contributed by atoms with E-state index in [2.05, 4.69) is 10.2 Å². The number of rotatable bonds is 5. The number of carboxylic acid groups (broad SMARTS) is 1. The Morgan fingerprint density at radius 3 is 2.76 bits per heavy atom. The molecule has 2 rings (SSSR count). The molecule has 21 heavy (non-hydrogen) atoms. The van der Waals surface area contributed by atoms with Gasteiger partial charge in [0.25, 0.3) is 0 Å². The van der Waals surface area contributed by atoms with E-state index >= 15 is 0 Å². The smallest absolute Gasteiger partial charge is 0.317 e. The second-order valence-corrected chi connectivity index (χ2v) is 6.14. The van der Waals surface area contributed by atoms with Crippen molar-refractivity contribution in [1.29, 1.82) is 0 Å². The van der Waals surface area contributed by atoms with Crippen molar-refractivity contribution in [2.45, 2.75) is 45.1 Å². The van der Waals surface area contributed by atoms with Gasteiger partial charge in [-0.25, -0.2) is 4.79 Å². The summed E-state index contributed by atoms with van der Waals surface area (Å²) in [5.41, 5.74) is 0. The van der Waals surface area contributed by atoms with Crippen molar-refractivity contribution in [3.05, 3.63) is 0 Å². The summed E-state index contributed by atoms with van der Waals surface area (Å²) in [7, 11) is 0. The molecular weight excluding hydrogens is 270 g/mol. The molecule has 2 heterocycles. The minimum absolute atomic E-state index is 0.105. The van der Waals surface area contributed by atoms with Crippen LogP contribution in [0, 0.1) is 5.92 Å². The molecule has 0 aromatic carbocycles. The van der Waals surface area contributed by atoms with E-state index in [1.54, 1.807) is 0 Å². The van der Waals surface area contributed by atoms with Gasteiger partial charge >= 0.3 is 12.0 Å². The molecule has 2 saturated heterocycles. The highest BCUT2D eigenvalue weighted by atomic mass is 16.4. The van der Waals surface area contributed by atoms with Gasteiger partial charge in [0.1, 0.15) is 0 Å². The molecule has 2 atom stereocenters. The van der Waals surface area contributed by atoms with Crippen LogP contribution in [0.5, 0.6) is 0 Å². The van der Waals surface area contributed by atoms with Crippen molar-refractivity contribution in [3.63, 3.8) is 0 Å². The fourth-order valence-corrected chi connectivity index (χ4v) is 3.37. The third kappa shape index (κ3) is 4.33. The van der Waals surface area contributed by atoms with Crippen molar-refractivity contribution in [2.75, 3.05) is 32.7 Å². The van der Waals surface area contributed by atoms with Crippen LogP contribution in [0.25, 0.3) is 0 Å². The van der Waals surface area contributed by atoms with Crippen LogP contribution in [-0.4, -0.2) is 65.7 Å². The van der Waals surface area contributed by atoms with Crippen LogP contribution in [-0.2, 0) is 4.79 Å². The average molecular weight is 297 g/mol. The van der Waals surface area contributed by atoms with E-state index in [0.29, 0.717) is 12.5 Å². The Hall–Kier alpha value is -1.30. The number of hydrogen-bond donors (Lipinski definition) is 2. The molecule has 2 fully saturated rings. The summed E-state index contributed by atoms with van der Waals surface area (Å²) in [6.07, 6.45) is 4.80. The van der Waals surface area contributed by atoms with Gasteiger partial charge in [0, 0.05) is 32.2 Å². The molecule has 0 bridgehead atoms. The van der Waals surface area contributed by atoms with E-state index in [0.717, 1.165) is 45.4 Å². The normalized spacial score (nSPS) is 24.2. The SMILES string of the molecule is CCCC(CNC(=O)N1CCCN2CCCC2C1)C(=O)O. The van der Waals surface area contributed by atoms with Crippen LogP contribution in [0.3, 0.4) is 0 Å². The maximum atomic E-state index is 12.3. The number of amides is 2. The third-order valence-corrected chi connectivity index (χ3v) is 4.58. The molecule has 0 saturated carbocycles. The molecule has 0 aromatic rings. The van der Waals surface area contributed by atoms with Gasteiger partial charge < -0.3 is 15.3 Å². The summed E-state index contributed by atoms with van der Waals surface area (Å²) in [5, 5.41) is 11.9. The molecule has 0 spiro atoms. The summed E-state index contributed by atoms with van der Waals surface area (Å²) in [6, 6.07) is 0.385. The van der Waals surface area contributed by atoms with E-state index in [9.17, 15) is 9.59 Å². The lowest BCUT2D eigenvalue weighted by Gasteiger charge is -2.26. The molecule has 0 radical (unpaired) electrons. The first-order valence-electron chi connectivity index (χ1n) is 8.11. The molecule has 120 valence electrons. The number of nitrogens with one attached hydrogen (secondary N) is 1. The van der Waals surface area contributed by atoms with Crippen molar-refractivity contribution >= 4 is 12.0 Å². The zero-order valence-corrected chi connectivity index (χ0v) is 12.9. The number of carbonyl (C=O) groups is 2. The number of fused-ring (bicyclic) bond motifs is 1. The lowest BCUT2D eigenvalue weighted by Crippen LogP contribution is -2.46. The second kappa shape index (κ2) is 7.64. The second-order valence-electron chi connectivity index (χ2n) is 6.14. The van der Waals surface area contributed by atoms with Gasteiger partial charge in [-0.1, -0.05) is 13.3 Å². The zero-order chi connectivity index (χ0) is 15.2. The van der Waals surface area contributed by atoms with Crippen molar-refractivity contribution in [3.8, 4) is 0 Å². The zero-order valence-electron chi connectivity index (χ0n) is 12.9. The lowest BCUT2D eigenvalue weighted by atomic mass is 10.0. The van der Waals surface area contributed by atoms with Gasteiger partial charge in [0.05, 0.1) is 5.92 Å². The topological polar surface area (TPSA) is 72.9 Å². The number of nitrogens with zero attached hydrogens (tertiary/aromatic N) is 2. The largest absolute Gasteiger partial charge is 0.481 e. The number of urea groups is 1. The predicted octanol–water partition coefficient (Wildman–Crippen LogP) is 1.37. The van der Waals surface area contributed by atoms with Gasteiger partial charge in [-0.3, -0.25) is 9.69 Å². The molecule has 2 N–H and O–H groups in total. The first kappa shape index (κ1) is 16.1. The predicted molar refractivity (Wildman–Crippen MR) is 80.2 cm³/mol. The Morgan fingerprint density at radius 2 is 2.05 bits per heavy atom. The Morgan fingerprint density at radius 1 is 1.29 bits per heavy atom. The number of carbonyl (C=O) groups excluding carboxylic acids is 1. The summed E-state index contributed by atoms with van der Waals surface area (Å²) >= 11 is 0. The highest BCUT2D eigenvalue weighted by Crippen LogP contribution is 2.21. The molecule has 2 amide bonds. The fraction of sp³-hybridized carbons (Fsp3) is 0.867. The number of aliphatic carboxylic acids is 1. The van der Waals surface area contributed by atoms with Crippen LogP contribution >= 0.6 is 0 Å². The van der Waals surface area contributed by atoms with Crippen LogP contribution < -0.4 is 5.32 Å². The highest BCUT2D eigenvalue weighted by Gasteiger charge is 2.30. The minimum Gasteiger partial charge on any atom is -0.481 e. The van der Waals surface area contributed by atoms with Crippen LogP contribution in [0.1, 0.15) is 39.0 Å². The van der Waals surface area contributed by atoms with E-state index < -0.39 is 11.9 Å². The maximum Gasteiger partial charge on any atom is 0.317 e. The fourth-order valence-electron chi connectivity index (χ4n) is 3.37. The van der Waals surface area contributed by atoms with Gasteiger partial charge in [0.15, 0.2) is 0 Å². The Kier molecular flexibility index (Phi) is 5.85. The molecule has 0 aliphatic carbocycles. The van der Waals surface area contributed by atoms with Gasteiger partial charge in [-0.05, 0) is 32.2 Å². The van der Waals surface area contributed by atoms with Gasteiger partial charge in [0.2, 0.25) is 0 Å². The van der Waals surface area contributed by atoms with E-state index in [1.165, 1.54) is 6.42 Å². The lowest BCUT2D eigenvalue weighted by molar-refractivity contribution is -0.141. The monoisotopic (exact) mass is 297 g/mol. The molecule has 2 aliphatic rings. The van der Waals surface area contributed by atoms with Crippen molar-refractivity contribution in [2.24, 2.45) is 5.92 Å². The molecule has 6 heteroatoms. The van der Waals surface area contributed by atoms with Crippen molar-refractivity contribution < 1.29 is 14.7 Å². The first-order valence-corrected chi connectivity index (χ1v) is 8.11. The molecule has 0 aromatic heterocycles. The number of carboxylic acids is 1. The van der Waals surface area contributed by atoms with E-state index in [-0.39, 0.29) is 12.6 Å². The Bertz CT molecular complexity index is 375. The van der Waals surface area contributed by atoms with E-state index in [4.69, 9.17) is 5.11 Å². The van der Waals surface area contributed by atoms with Gasteiger partial charge in [-0.2, -0.15) is 0 Å². The molecule has 2 unspecified atom stereocenters. The summed E-state index contributed by atoms with van der Waals surface area (Å²) in [6.45, 7) is 5.95. The summed E-state index contributed by atoms with van der Waals surface area (Å²) in [4.78, 5) is 27.7.